The number of alkyl halides is 3. The molecule has 0 heterocycles. The van der Waals surface area contributed by atoms with E-state index in [4.69, 9.17) is 16.3 Å². The summed E-state index contributed by atoms with van der Waals surface area (Å²) in [4.78, 5) is 11.3. The van der Waals surface area contributed by atoms with Gasteiger partial charge in [-0.1, -0.05) is 11.6 Å². The van der Waals surface area contributed by atoms with Gasteiger partial charge in [0.25, 0.3) is 0 Å². The zero-order chi connectivity index (χ0) is 13.2. The molecule has 0 saturated carbocycles. The molecular weight excluding hydrogens is 257 g/mol. The maximum atomic E-state index is 12.9. The Kier molecular flexibility index (Phi) is 4.03. The number of ketones is 1. The first kappa shape index (κ1) is 13.8. The summed E-state index contributed by atoms with van der Waals surface area (Å²) in [5, 5.41) is -0.228. The van der Waals surface area contributed by atoms with Crippen LogP contribution in [0.2, 0.25) is 5.02 Å². The summed E-state index contributed by atoms with van der Waals surface area (Å²) >= 11 is 5.63. The topological polar surface area (TPSA) is 26.3 Å². The third-order valence-corrected chi connectivity index (χ3v) is 2.37. The van der Waals surface area contributed by atoms with Crippen molar-refractivity contribution >= 4 is 17.4 Å². The van der Waals surface area contributed by atoms with Crippen LogP contribution < -0.4 is 4.74 Å². The lowest BCUT2D eigenvalue weighted by atomic mass is 10.0. The fourth-order valence-corrected chi connectivity index (χ4v) is 1.75. The van der Waals surface area contributed by atoms with Gasteiger partial charge < -0.3 is 4.74 Å². The van der Waals surface area contributed by atoms with Gasteiger partial charge in [-0.05, 0) is 26.0 Å². The number of hydrogen-bond donors (Lipinski definition) is 0. The van der Waals surface area contributed by atoms with Gasteiger partial charge in [0.1, 0.15) is 11.3 Å². The molecule has 0 aliphatic carbocycles. The lowest BCUT2D eigenvalue weighted by Gasteiger charge is -2.17. The van der Waals surface area contributed by atoms with E-state index in [2.05, 4.69) is 0 Å². The third kappa shape index (κ3) is 2.91. The molecular formula is C11H10ClF3O2. The first-order valence-electron chi connectivity index (χ1n) is 4.82. The maximum absolute atomic E-state index is 12.9. The largest absolute Gasteiger partial charge is 0.493 e. The van der Waals surface area contributed by atoms with Crippen molar-refractivity contribution in [3.63, 3.8) is 0 Å². The Balaban J connectivity index is 3.56. The number of rotatable bonds is 3. The van der Waals surface area contributed by atoms with E-state index in [1.807, 2.05) is 0 Å². The number of ether oxygens (including phenoxy) is 1. The van der Waals surface area contributed by atoms with Crippen molar-refractivity contribution in [3.8, 4) is 5.75 Å². The van der Waals surface area contributed by atoms with Crippen molar-refractivity contribution in [2.24, 2.45) is 0 Å². The smallest absolute Gasteiger partial charge is 0.420 e. The second-order valence-corrected chi connectivity index (χ2v) is 3.69. The molecule has 0 atom stereocenters. The zero-order valence-corrected chi connectivity index (χ0v) is 9.95. The number of carbonyl (C=O) groups excluding carboxylic acids is 1. The van der Waals surface area contributed by atoms with Gasteiger partial charge in [-0.3, -0.25) is 4.79 Å². The normalized spacial score (nSPS) is 11.4. The molecule has 0 fully saturated rings. The predicted octanol–water partition coefficient (Wildman–Crippen LogP) is 3.96. The molecule has 0 aliphatic heterocycles. The van der Waals surface area contributed by atoms with E-state index < -0.39 is 23.1 Å². The highest BCUT2D eigenvalue weighted by Gasteiger charge is 2.39. The van der Waals surface area contributed by atoms with E-state index in [1.54, 1.807) is 6.92 Å². The van der Waals surface area contributed by atoms with Crippen LogP contribution in [-0.4, -0.2) is 12.4 Å². The maximum Gasteiger partial charge on any atom is 0.420 e. The second kappa shape index (κ2) is 4.96. The molecule has 0 spiro atoms. The fourth-order valence-electron chi connectivity index (χ4n) is 1.46. The van der Waals surface area contributed by atoms with E-state index in [0.717, 1.165) is 13.0 Å². The Morgan fingerprint density at radius 2 is 2.00 bits per heavy atom. The molecule has 1 rings (SSSR count). The highest BCUT2D eigenvalue weighted by atomic mass is 35.5. The molecule has 6 heteroatoms. The van der Waals surface area contributed by atoms with Crippen molar-refractivity contribution in [2.75, 3.05) is 6.61 Å². The monoisotopic (exact) mass is 266 g/mol. The van der Waals surface area contributed by atoms with Crippen LogP contribution >= 0.6 is 11.6 Å². The summed E-state index contributed by atoms with van der Waals surface area (Å²) in [6.45, 7) is 2.66. The standard InChI is InChI=1S/C11H10ClF3O2/c1-3-17-8-5-4-7(12)9(6(2)16)10(8)11(13,14)15/h4-5H,3H2,1-2H3. The van der Waals surface area contributed by atoms with Crippen molar-refractivity contribution < 1.29 is 22.7 Å². The van der Waals surface area contributed by atoms with Gasteiger partial charge in [0.2, 0.25) is 0 Å². The molecule has 2 nitrogen and oxygen atoms in total. The lowest BCUT2D eigenvalue weighted by molar-refractivity contribution is -0.139. The van der Waals surface area contributed by atoms with Gasteiger partial charge in [0, 0.05) is 0 Å². The van der Waals surface area contributed by atoms with E-state index in [0.29, 0.717) is 0 Å². The van der Waals surface area contributed by atoms with Crippen LogP contribution in [0.5, 0.6) is 5.75 Å². The number of halogens is 4. The molecule has 1 aromatic carbocycles. The summed E-state index contributed by atoms with van der Waals surface area (Å²) in [6.07, 6.45) is -4.68. The molecule has 0 unspecified atom stereocenters. The first-order valence-corrected chi connectivity index (χ1v) is 5.20. The molecule has 0 radical (unpaired) electrons. The van der Waals surface area contributed by atoms with Crippen LogP contribution in [0.1, 0.15) is 29.8 Å². The molecule has 0 bridgehead atoms. The van der Waals surface area contributed by atoms with E-state index >= 15 is 0 Å². The minimum absolute atomic E-state index is 0.0715. The minimum atomic E-state index is -4.68. The Morgan fingerprint density at radius 1 is 1.41 bits per heavy atom. The molecule has 0 amide bonds. The van der Waals surface area contributed by atoms with Crippen molar-refractivity contribution in [1.82, 2.24) is 0 Å². The quantitative estimate of drug-likeness (QED) is 0.774. The molecule has 0 N–H and O–H groups in total. The Labute approximate surface area is 101 Å². The van der Waals surface area contributed by atoms with Gasteiger partial charge in [-0.2, -0.15) is 13.2 Å². The predicted molar refractivity (Wildman–Crippen MR) is 57.6 cm³/mol. The second-order valence-electron chi connectivity index (χ2n) is 3.28. The average molecular weight is 267 g/mol. The SMILES string of the molecule is CCOc1ccc(Cl)c(C(C)=O)c1C(F)(F)F. The van der Waals surface area contributed by atoms with Crippen molar-refractivity contribution in [1.29, 1.82) is 0 Å². The fraction of sp³-hybridized carbons (Fsp3) is 0.364. The summed E-state index contributed by atoms with van der Waals surface area (Å²) in [5.74, 6) is -1.13. The van der Waals surface area contributed by atoms with Gasteiger partial charge in [-0.25, -0.2) is 0 Å². The van der Waals surface area contributed by atoms with Gasteiger partial charge in [0.15, 0.2) is 5.78 Å². The van der Waals surface area contributed by atoms with E-state index in [9.17, 15) is 18.0 Å². The van der Waals surface area contributed by atoms with E-state index in [-0.39, 0.29) is 17.4 Å². The summed E-state index contributed by atoms with van der Waals surface area (Å²) in [7, 11) is 0. The van der Waals surface area contributed by atoms with Crippen molar-refractivity contribution in [2.45, 2.75) is 20.0 Å². The zero-order valence-electron chi connectivity index (χ0n) is 9.19. The van der Waals surface area contributed by atoms with Crippen LogP contribution in [-0.2, 0) is 6.18 Å². The number of benzene rings is 1. The number of carbonyl (C=O) groups is 1. The average Bonchev–Trinajstić information content (AvgIpc) is 2.18. The Morgan fingerprint density at radius 3 is 2.41 bits per heavy atom. The van der Waals surface area contributed by atoms with Crippen molar-refractivity contribution in [3.05, 3.63) is 28.3 Å². The summed E-state index contributed by atoms with van der Waals surface area (Å²) in [6, 6.07) is 2.33. The molecule has 17 heavy (non-hydrogen) atoms. The van der Waals surface area contributed by atoms with Crippen LogP contribution in [0.15, 0.2) is 12.1 Å². The van der Waals surface area contributed by atoms with Crippen LogP contribution in [0.25, 0.3) is 0 Å². The number of Topliss-reactive ketones (excluding diaryl/α,β-unsaturated/α-hetero) is 1. The lowest BCUT2D eigenvalue weighted by Crippen LogP contribution is -2.15. The van der Waals surface area contributed by atoms with E-state index in [1.165, 1.54) is 6.07 Å². The van der Waals surface area contributed by atoms with Crippen LogP contribution in [0.3, 0.4) is 0 Å². The molecule has 1 aromatic rings. The Bertz CT molecular complexity index is 441. The van der Waals surface area contributed by atoms with Gasteiger partial charge in [-0.15, -0.1) is 0 Å². The minimum Gasteiger partial charge on any atom is -0.493 e. The summed E-state index contributed by atoms with van der Waals surface area (Å²) in [5.41, 5.74) is -1.66. The Hall–Kier alpha value is -1.23. The van der Waals surface area contributed by atoms with Gasteiger partial charge in [0.05, 0.1) is 17.2 Å². The molecule has 0 saturated heterocycles. The molecule has 0 aliphatic rings. The van der Waals surface area contributed by atoms with Crippen LogP contribution in [0, 0.1) is 0 Å². The number of hydrogen-bond acceptors (Lipinski definition) is 2. The van der Waals surface area contributed by atoms with Crippen LogP contribution in [0.4, 0.5) is 13.2 Å². The van der Waals surface area contributed by atoms with Gasteiger partial charge >= 0.3 is 6.18 Å². The molecule has 0 aromatic heterocycles. The summed E-state index contributed by atoms with van der Waals surface area (Å²) < 4.78 is 43.5. The molecule has 94 valence electrons. The highest BCUT2D eigenvalue weighted by molar-refractivity contribution is 6.34. The highest BCUT2D eigenvalue weighted by Crippen LogP contribution is 2.41. The third-order valence-electron chi connectivity index (χ3n) is 2.05. The first-order chi connectivity index (χ1) is 7.79.